The van der Waals surface area contributed by atoms with E-state index in [1.165, 1.54) is 18.3 Å². The van der Waals surface area contributed by atoms with Gasteiger partial charge in [0.15, 0.2) is 0 Å². The molecular weight excluding hydrogens is 253 g/mol. The van der Waals surface area contributed by atoms with Gasteiger partial charge in [0.2, 0.25) is 0 Å². The van der Waals surface area contributed by atoms with E-state index in [2.05, 4.69) is 5.16 Å². The van der Waals surface area contributed by atoms with Crippen LogP contribution < -0.4 is 0 Å². The first-order valence-electron chi connectivity index (χ1n) is 5.40. The van der Waals surface area contributed by atoms with Crippen molar-refractivity contribution in [2.45, 2.75) is 6.61 Å². The van der Waals surface area contributed by atoms with E-state index in [1.807, 2.05) is 18.2 Å². The summed E-state index contributed by atoms with van der Waals surface area (Å²) in [5.74, 6) is -0.274. The summed E-state index contributed by atoms with van der Waals surface area (Å²) in [6.07, 6.45) is 1.52. The van der Waals surface area contributed by atoms with Crippen LogP contribution in [0.4, 0.5) is 4.39 Å². The van der Waals surface area contributed by atoms with Crippen LogP contribution in [0.1, 0.15) is 11.1 Å². The predicted octanol–water partition coefficient (Wildman–Crippen LogP) is 4.03. The van der Waals surface area contributed by atoms with E-state index in [9.17, 15) is 4.39 Å². The van der Waals surface area contributed by atoms with Crippen molar-refractivity contribution in [3.8, 4) is 0 Å². The molecule has 0 heterocycles. The Balaban J connectivity index is 1.89. The molecule has 4 heteroatoms. The average Bonchev–Trinajstić information content (AvgIpc) is 2.39. The lowest BCUT2D eigenvalue weighted by Gasteiger charge is -2.01. The summed E-state index contributed by atoms with van der Waals surface area (Å²) < 4.78 is 12.7. The maximum absolute atomic E-state index is 12.7. The molecule has 0 aromatic heterocycles. The topological polar surface area (TPSA) is 21.6 Å². The average molecular weight is 264 g/mol. The van der Waals surface area contributed by atoms with E-state index in [4.69, 9.17) is 16.4 Å². The number of hydrogen-bond acceptors (Lipinski definition) is 2. The lowest BCUT2D eigenvalue weighted by Crippen LogP contribution is -1.89. The fraction of sp³-hybridized carbons (Fsp3) is 0.0714. The summed E-state index contributed by atoms with van der Waals surface area (Å²) in [5.41, 5.74) is 1.64. The minimum absolute atomic E-state index is 0.274. The fourth-order valence-corrected chi connectivity index (χ4v) is 1.56. The van der Waals surface area contributed by atoms with Crippen LogP contribution in [0.5, 0.6) is 0 Å². The van der Waals surface area contributed by atoms with Crippen LogP contribution in [-0.2, 0) is 11.4 Å². The molecule has 0 unspecified atom stereocenters. The van der Waals surface area contributed by atoms with Crippen molar-refractivity contribution in [1.82, 2.24) is 0 Å². The van der Waals surface area contributed by atoms with Gasteiger partial charge in [-0.05, 0) is 23.8 Å². The highest BCUT2D eigenvalue weighted by atomic mass is 35.5. The van der Waals surface area contributed by atoms with Gasteiger partial charge in [-0.1, -0.05) is 47.1 Å². The molecule has 0 saturated carbocycles. The molecule has 0 aliphatic carbocycles. The van der Waals surface area contributed by atoms with Crippen molar-refractivity contribution in [2.75, 3.05) is 0 Å². The normalized spacial score (nSPS) is 10.8. The molecule has 0 fully saturated rings. The monoisotopic (exact) mass is 263 g/mol. The second-order valence-corrected chi connectivity index (χ2v) is 4.06. The summed E-state index contributed by atoms with van der Waals surface area (Å²) in [6.45, 7) is 0.303. The summed E-state index contributed by atoms with van der Waals surface area (Å²) in [5, 5.41) is 4.45. The maximum atomic E-state index is 12.7. The molecular formula is C14H11ClFNO. The summed E-state index contributed by atoms with van der Waals surface area (Å²) in [4.78, 5) is 5.13. The summed E-state index contributed by atoms with van der Waals surface area (Å²) in [6, 6.07) is 13.4. The number of oxime groups is 1. The third-order valence-corrected chi connectivity index (χ3v) is 2.69. The molecule has 0 aliphatic rings. The Bertz CT molecular complexity index is 540. The van der Waals surface area contributed by atoms with Crippen LogP contribution in [0.25, 0.3) is 0 Å². The van der Waals surface area contributed by atoms with Crippen molar-refractivity contribution >= 4 is 17.8 Å². The number of nitrogens with zero attached hydrogens (tertiary/aromatic N) is 1. The molecule has 2 rings (SSSR count). The molecule has 0 aliphatic heterocycles. The van der Waals surface area contributed by atoms with Gasteiger partial charge < -0.3 is 4.84 Å². The number of hydrogen-bond donors (Lipinski definition) is 0. The molecule has 2 aromatic rings. The predicted molar refractivity (Wildman–Crippen MR) is 70.2 cm³/mol. The Morgan fingerprint density at radius 2 is 1.83 bits per heavy atom. The molecule has 0 N–H and O–H groups in total. The van der Waals surface area contributed by atoms with Gasteiger partial charge in [-0.2, -0.15) is 0 Å². The zero-order chi connectivity index (χ0) is 12.8. The van der Waals surface area contributed by atoms with Crippen molar-refractivity contribution in [3.05, 3.63) is 70.5 Å². The van der Waals surface area contributed by atoms with Crippen LogP contribution in [-0.4, -0.2) is 6.21 Å². The standard InChI is InChI=1S/C14H11ClFNO/c15-14-4-2-1-3-12(14)10-18-17-9-11-5-7-13(16)8-6-11/h1-9H,10H2. The van der Waals surface area contributed by atoms with E-state index < -0.39 is 0 Å². The van der Waals surface area contributed by atoms with Crippen molar-refractivity contribution in [2.24, 2.45) is 5.16 Å². The van der Waals surface area contributed by atoms with Crippen LogP contribution in [0.2, 0.25) is 5.02 Å². The van der Waals surface area contributed by atoms with Gasteiger partial charge in [0, 0.05) is 10.6 Å². The zero-order valence-electron chi connectivity index (χ0n) is 9.51. The van der Waals surface area contributed by atoms with Gasteiger partial charge in [0.1, 0.15) is 12.4 Å². The molecule has 2 nitrogen and oxygen atoms in total. The van der Waals surface area contributed by atoms with E-state index in [1.54, 1.807) is 18.2 Å². The zero-order valence-corrected chi connectivity index (χ0v) is 10.3. The third-order valence-electron chi connectivity index (χ3n) is 2.32. The molecule has 0 amide bonds. The molecule has 0 spiro atoms. The first-order valence-corrected chi connectivity index (χ1v) is 5.78. The first kappa shape index (κ1) is 12.6. The van der Waals surface area contributed by atoms with Gasteiger partial charge in [-0.15, -0.1) is 0 Å². The number of rotatable bonds is 4. The van der Waals surface area contributed by atoms with E-state index >= 15 is 0 Å². The van der Waals surface area contributed by atoms with Crippen LogP contribution in [0, 0.1) is 5.82 Å². The highest BCUT2D eigenvalue weighted by Gasteiger charge is 1.97. The molecule has 0 radical (unpaired) electrons. The minimum Gasteiger partial charge on any atom is -0.391 e. The SMILES string of the molecule is Fc1ccc(C=NOCc2ccccc2Cl)cc1. The van der Waals surface area contributed by atoms with E-state index in [0.29, 0.717) is 11.6 Å². The molecule has 0 atom stereocenters. The highest BCUT2D eigenvalue weighted by molar-refractivity contribution is 6.31. The number of halogens is 2. The Hall–Kier alpha value is -1.87. The molecule has 18 heavy (non-hydrogen) atoms. The largest absolute Gasteiger partial charge is 0.391 e. The third kappa shape index (κ3) is 3.57. The van der Waals surface area contributed by atoms with Crippen molar-refractivity contribution < 1.29 is 9.23 Å². The van der Waals surface area contributed by atoms with Crippen molar-refractivity contribution in [3.63, 3.8) is 0 Å². The fourth-order valence-electron chi connectivity index (χ4n) is 1.37. The van der Waals surface area contributed by atoms with Gasteiger partial charge in [-0.3, -0.25) is 0 Å². The first-order chi connectivity index (χ1) is 8.75. The van der Waals surface area contributed by atoms with Crippen LogP contribution in [0.15, 0.2) is 53.7 Å². The van der Waals surface area contributed by atoms with Gasteiger partial charge in [-0.25, -0.2) is 4.39 Å². The maximum Gasteiger partial charge on any atom is 0.143 e. The quantitative estimate of drug-likeness (QED) is 0.603. The van der Waals surface area contributed by atoms with Crippen LogP contribution >= 0.6 is 11.6 Å². The second-order valence-electron chi connectivity index (χ2n) is 3.65. The van der Waals surface area contributed by atoms with E-state index in [-0.39, 0.29) is 5.82 Å². The Labute approximate surface area is 110 Å². The number of benzene rings is 2. The summed E-state index contributed by atoms with van der Waals surface area (Å²) in [7, 11) is 0. The molecule has 0 bridgehead atoms. The van der Waals surface area contributed by atoms with Crippen molar-refractivity contribution in [1.29, 1.82) is 0 Å². The van der Waals surface area contributed by atoms with E-state index in [0.717, 1.165) is 11.1 Å². The minimum atomic E-state index is -0.274. The molecule has 0 saturated heterocycles. The van der Waals surface area contributed by atoms with Gasteiger partial charge >= 0.3 is 0 Å². The highest BCUT2D eigenvalue weighted by Crippen LogP contribution is 2.15. The lowest BCUT2D eigenvalue weighted by atomic mass is 10.2. The van der Waals surface area contributed by atoms with Crippen LogP contribution in [0.3, 0.4) is 0 Å². The smallest absolute Gasteiger partial charge is 0.143 e. The Morgan fingerprint density at radius 3 is 2.56 bits per heavy atom. The lowest BCUT2D eigenvalue weighted by molar-refractivity contribution is 0.132. The molecule has 92 valence electrons. The Morgan fingerprint density at radius 1 is 1.11 bits per heavy atom. The molecule has 2 aromatic carbocycles. The second kappa shape index (κ2) is 6.17. The van der Waals surface area contributed by atoms with Gasteiger partial charge in [0.25, 0.3) is 0 Å². The summed E-state index contributed by atoms with van der Waals surface area (Å²) >= 11 is 5.96. The Kier molecular flexibility index (Phi) is 4.31. The van der Waals surface area contributed by atoms with Gasteiger partial charge in [0.05, 0.1) is 6.21 Å².